The van der Waals surface area contributed by atoms with Gasteiger partial charge in [0.15, 0.2) is 6.10 Å². The summed E-state index contributed by atoms with van der Waals surface area (Å²) in [6.45, 7) is 6.64. The molecule has 0 amide bonds. The Morgan fingerprint density at radius 1 is 0.276 bits per heavy atom. The van der Waals surface area contributed by atoms with Crippen LogP contribution >= 0.6 is 0 Å². The number of carbonyl (C=O) groups is 3. The second-order valence-electron chi connectivity index (χ2n) is 17.8. The molecule has 0 heterocycles. The minimum atomic E-state index is -0.758. The lowest BCUT2D eigenvalue weighted by Crippen LogP contribution is -2.30. The van der Waals surface area contributed by atoms with Crippen LogP contribution in [0.5, 0.6) is 0 Å². The number of carbonyl (C=O) groups excluding carboxylic acids is 3. The van der Waals surface area contributed by atoms with Gasteiger partial charge in [-0.05, 0) is 19.3 Å². The van der Waals surface area contributed by atoms with Crippen molar-refractivity contribution in [1.29, 1.82) is 0 Å². The standard InChI is InChI=1S/C52H100O6/c1-4-7-10-13-16-18-20-22-24-25-26-27-28-30-31-33-36-39-42-45-51(54)57-48-49(47-56-50(53)44-41-38-35-15-12-9-6-3)58-52(55)46-43-40-37-34-32-29-23-21-19-17-14-11-8-5-2/h49H,4-48H2,1-3H3/t49-/m0/s1. The summed E-state index contributed by atoms with van der Waals surface area (Å²) in [5.41, 5.74) is 0. The number of rotatable bonds is 48. The molecule has 0 saturated carbocycles. The summed E-state index contributed by atoms with van der Waals surface area (Å²) in [5.74, 6) is -0.849. The van der Waals surface area contributed by atoms with Crippen molar-refractivity contribution in [2.75, 3.05) is 13.2 Å². The van der Waals surface area contributed by atoms with Crippen LogP contribution in [0.3, 0.4) is 0 Å². The molecule has 58 heavy (non-hydrogen) atoms. The van der Waals surface area contributed by atoms with Crippen molar-refractivity contribution in [3.05, 3.63) is 0 Å². The van der Waals surface area contributed by atoms with E-state index in [2.05, 4.69) is 20.8 Å². The van der Waals surface area contributed by atoms with E-state index in [-0.39, 0.29) is 31.1 Å². The molecule has 0 unspecified atom stereocenters. The maximum Gasteiger partial charge on any atom is 0.306 e. The van der Waals surface area contributed by atoms with Crippen molar-refractivity contribution in [1.82, 2.24) is 0 Å². The fourth-order valence-electron chi connectivity index (χ4n) is 7.92. The molecule has 6 nitrogen and oxygen atoms in total. The molecule has 0 aliphatic rings. The molecule has 344 valence electrons. The van der Waals surface area contributed by atoms with E-state index in [1.807, 2.05) is 0 Å². The lowest BCUT2D eigenvalue weighted by Gasteiger charge is -2.18. The maximum absolute atomic E-state index is 12.7. The zero-order valence-corrected chi connectivity index (χ0v) is 39.3. The van der Waals surface area contributed by atoms with Crippen LogP contribution in [0.2, 0.25) is 0 Å². The van der Waals surface area contributed by atoms with E-state index in [0.29, 0.717) is 19.3 Å². The Morgan fingerprint density at radius 3 is 0.690 bits per heavy atom. The van der Waals surface area contributed by atoms with Gasteiger partial charge in [0.05, 0.1) is 0 Å². The normalized spacial score (nSPS) is 11.8. The van der Waals surface area contributed by atoms with Crippen molar-refractivity contribution >= 4 is 17.9 Å². The molecular weight excluding hydrogens is 721 g/mol. The molecule has 0 radical (unpaired) electrons. The highest BCUT2D eigenvalue weighted by Gasteiger charge is 2.19. The van der Waals surface area contributed by atoms with Crippen LogP contribution < -0.4 is 0 Å². The molecule has 0 aromatic heterocycles. The third kappa shape index (κ3) is 45.5. The first-order valence-corrected chi connectivity index (χ1v) is 26.0. The molecule has 0 rings (SSSR count). The van der Waals surface area contributed by atoms with Crippen molar-refractivity contribution in [2.24, 2.45) is 0 Å². The fraction of sp³-hybridized carbons (Fsp3) is 0.942. The van der Waals surface area contributed by atoms with E-state index < -0.39 is 6.10 Å². The van der Waals surface area contributed by atoms with Crippen molar-refractivity contribution in [3.8, 4) is 0 Å². The van der Waals surface area contributed by atoms with Crippen LogP contribution in [0, 0.1) is 0 Å². The predicted molar refractivity (Wildman–Crippen MR) is 247 cm³/mol. The summed E-state index contributed by atoms with van der Waals surface area (Å²) >= 11 is 0. The SMILES string of the molecule is CCCCCCCCCCCCCCCCCCCCCC(=O)OC[C@H](COC(=O)CCCCCCCCC)OC(=O)CCCCCCCCCCCCCCCC. The zero-order chi connectivity index (χ0) is 42.3. The summed E-state index contributed by atoms with van der Waals surface area (Å²) in [6, 6.07) is 0. The highest BCUT2D eigenvalue weighted by atomic mass is 16.6. The average molecular weight is 821 g/mol. The maximum atomic E-state index is 12.7. The Hall–Kier alpha value is -1.59. The van der Waals surface area contributed by atoms with Gasteiger partial charge in [-0.2, -0.15) is 0 Å². The van der Waals surface area contributed by atoms with Gasteiger partial charge in [-0.25, -0.2) is 0 Å². The van der Waals surface area contributed by atoms with E-state index in [1.54, 1.807) is 0 Å². The van der Waals surface area contributed by atoms with E-state index in [9.17, 15) is 14.4 Å². The average Bonchev–Trinajstić information content (AvgIpc) is 3.22. The van der Waals surface area contributed by atoms with Gasteiger partial charge < -0.3 is 14.2 Å². The van der Waals surface area contributed by atoms with Crippen molar-refractivity contribution < 1.29 is 28.6 Å². The highest BCUT2D eigenvalue weighted by Crippen LogP contribution is 2.17. The molecule has 0 aromatic rings. The van der Waals surface area contributed by atoms with Crippen LogP contribution in [0.25, 0.3) is 0 Å². The summed E-state index contributed by atoms with van der Waals surface area (Å²) < 4.78 is 16.7. The van der Waals surface area contributed by atoms with Crippen molar-refractivity contribution in [2.45, 2.75) is 303 Å². The summed E-state index contributed by atoms with van der Waals surface area (Å²) in [4.78, 5) is 37.8. The van der Waals surface area contributed by atoms with E-state index >= 15 is 0 Å². The topological polar surface area (TPSA) is 78.9 Å². The van der Waals surface area contributed by atoms with Crippen molar-refractivity contribution in [3.63, 3.8) is 0 Å². The Bertz CT molecular complexity index is 859. The number of esters is 3. The lowest BCUT2D eigenvalue weighted by atomic mass is 10.0. The minimum Gasteiger partial charge on any atom is -0.462 e. The number of ether oxygens (including phenoxy) is 3. The van der Waals surface area contributed by atoms with Gasteiger partial charge in [0.25, 0.3) is 0 Å². The molecule has 0 spiro atoms. The second kappa shape index (κ2) is 48.1. The Labute approximate surface area is 361 Å². The van der Waals surface area contributed by atoms with Crippen LogP contribution in [0.1, 0.15) is 297 Å². The molecule has 0 N–H and O–H groups in total. The Morgan fingerprint density at radius 2 is 0.466 bits per heavy atom. The molecule has 0 fully saturated rings. The molecule has 0 aliphatic carbocycles. The quantitative estimate of drug-likeness (QED) is 0.0346. The first-order chi connectivity index (χ1) is 28.5. The van der Waals surface area contributed by atoms with Gasteiger partial charge in [0, 0.05) is 19.3 Å². The first-order valence-electron chi connectivity index (χ1n) is 26.0. The van der Waals surface area contributed by atoms with Crippen LogP contribution in [-0.4, -0.2) is 37.2 Å². The zero-order valence-electron chi connectivity index (χ0n) is 39.3. The molecular formula is C52H100O6. The number of hydrogen-bond acceptors (Lipinski definition) is 6. The number of unbranched alkanes of at least 4 members (excludes halogenated alkanes) is 37. The largest absolute Gasteiger partial charge is 0.462 e. The summed E-state index contributed by atoms with van der Waals surface area (Å²) in [7, 11) is 0. The smallest absolute Gasteiger partial charge is 0.306 e. The summed E-state index contributed by atoms with van der Waals surface area (Å²) in [5, 5.41) is 0. The van der Waals surface area contributed by atoms with Crippen LogP contribution in [0.15, 0.2) is 0 Å². The van der Waals surface area contributed by atoms with E-state index in [4.69, 9.17) is 14.2 Å². The van der Waals surface area contributed by atoms with E-state index in [0.717, 1.165) is 57.8 Å². The van der Waals surface area contributed by atoms with Gasteiger partial charge in [-0.3, -0.25) is 14.4 Å². The molecule has 0 aromatic carbocycles. The predicted octanol–water partition coefficient (Wildman–Crippen LogP) is 16.8. The minimum absolute atomic E-state index is 0.0624. The Kier molecular flexibility index (Phi) is 46.8. The third-order valence-corrected chi connectivity index (χ3v) is 11.9. The van der Waals surface area contributed by atoms with Crippen LogP contribution in [0.4, 0.5) is 0 Å². The fourth-order valence-corrected chi connectivity index (χ4v) is 7.92. The summed E-state index contributed by atoms with van der Waals surface area (Å²) in [6.07, 6.45) is 51.0. The van der Waals surface area contributed by atoms with E-state index in [1.165, 1.54) is 199 Å². The Balaban J connectivity index is 4.16. The molecule has 0 saturated heterocycles. The van der Waals surface area contributed by atoms with Crippen LogP contribution in [-0.2, 0) is 28.6 Å². The van der Waals surface area contributed by atoms with Gasteiger partial charge in [0.2, 0.25) is 0 Å². The number of hydrogen-bond donors (Lipinski definition) is 0. The van der Waals surface area contributed by atoms with Gasteiger partial charge in [-0.1, -0.05) is 258 Å². The van der Waals surface area contributed by atoms with Gasteiger partial charge in [0.1, 0.15) is 13.2 Å². The lowest BCUT2D eigenvalue weighted by molar-refractivity contribution is -0.167. The first kappa shape index (κ1) is 56.4. The van der Waals surface area contributed by atoms with Gasteiger partial charge in [-0.15, -0.1) is 0 Å². The van der Waals surface area contributed by atoms with Gasteiger partial charge >= 0.3 is 17.9 Å². The monoisotopic (exact) mass is 821 g/mol. The molecule has 0 aliphatic heterocycles. The highest BCUT2D eigenvalue weighted by molar-refractivity contribution is 5.71. The second-order valence-corrected chi connectivity index (χ2v) is 17.8. The molecule has 1 atom stereocenters. The third-order valence-electron chi connectivity index (χ3n) is 11.9. The molecule has 6 heteroatoms. The molecule has 0 bridgehead atoms.